The van der Waals surface area contributed by atoms with Gasteiger partial charge in [0.25, 0.3) is 10.2 Å². The lowest BCUT2D eigenvalue weighted by Gasteiger charge is -2.27. The topological polar surface area (TPSA) is 72.2 Å². The van der Waals surface area contributed by atoms with E-state index in [9.17, 15) is 8.42 Å². The molecule has 0 fully saturated rings. The molecule has 0 saturated heterocycles. The van der Waals surface area contributed by atoms with Gasteiger partial charge in [-0.3, -0.25) is 0 Å². The van der Waals surface area contributed by atoms with Crippen LogP contribution in [-0.4, -0.2) is 14.0 Å². The standard InChI is InChI=1S/C7H18N2O2S/c1-4-6-7(3,5-2)9-12(8,10)11/h9H,4-6H2,1-3H3,(H2,8,10,11). The fraction of sp³-hybridized carbons (Fsp3) is 1.00. The Labute approximate surface area is 74.7 Å². The summed E-state index contributed by atoms with van der Waals surface area (Å²) in [6.45, 7) is 5.81. The first-order valence-electron chi connectivity index (χ1n) is 4.14. The minimum atomic E-state index is -3.57. The third-order valence-electron chi connectivity index (χ3n) is 1.97. The molecule has 0 bridgehead atoms. The fourth-order valence-corrected chi connectivity index (χ4v) is 2.13. The molecule has 0 rings (SSSR count). The van der Waals surface area contributed by atoms with Crippen molar-refractivity contribution in [2.75, 3.05) is 0 Å². The van der Waals surface area contributed by atoms with Gasteiger partial charge in [0, 0.05) is 5.54 Å². The van der Waals surface area contributed by atoms with Gasteiger partial charge in [0.15, 0.2) is 0 Å². The molecule has 4 nitrogen and oxygen atoms in total. The third kappa shape index (κ3) is 4.69. The van der Waals surface area contributed by atoms with Crippen LogP contribution in [0, 0.1) is 0 Å². The van der Waals surface area contributed by atoms with Gasteiger partial charge in [-0.25, -0.2) is 5.14 Å². The van der Waals surface area contributed by atoms with Crippen LogP contribution in [0.4, 0.5) is 0 Å². The van der Waals surface area contributed by atoms with Crippen LogP contribution in [-0.2, 0) is 10.2 Å². The average molecular weight is 194 g/mol. The lowest BCUT2D eigenvalue weighted by atomic mass is 9.95. The Morgan fingerprint density at radius 1 is 1.42 bits per heavy atom. The normalized spacial score (nSPS) is 17.3. The van der Waals surface area contributed by atoms with E-state index in [0.717, 1.165) is 19.3 Å². The number of rotatable bonds is 5. The van der Waals surface area contributed by atoms with Gasteiger partial charge in [-0.1, -0.05) is 20.3 Å². The van der Waals surface area contributed by atoms with Crippen LogP contribution in [0.25, 0.3) is 0 Å². The SMILES string of the molecule is CCCC(C)(CC)NS(N)(=O)=O. The minimum absolute atomic E-state index is 0.387. The summed E-state index contributed by atoms with van der Waals surface area (Å²) in [5.41, 5.74) is -0.387. The Morgan fingerprint density at radius 3 is 2.17 bits per heavy atom. The summed E-state index contributed by atoms with van der Waals surface area (Å²) in [6, 6.07) is 0. The van der Waals surface area contributed by atoms with Gasteiger partial charge >= 0.3 is 0 Å². The Bertz CT molecular complexity index is 226. The zero-order valence-corrected chi connectivity index (χ0v) is 8.74. The molecule has 74 valence electrons. The maximum atomic E-state index is 10.7. The molecule has 0 radical (unpaired) electrons. The number of nitrogens with one attached hydrogen (secondary N) is 1. The molecule has 0 aromatic carbocycles. The molecule has 0 aromatic heterocycles. The predicted octanol–water partition coefficient (Wildman–Crippen LogP) is 0.748. The molecular formula is C7H18N2O2S. The molecule has 0 spiro atoms. The van der Waals surface area contributed by atoms with Crippen molar-refractivity contribution in [3.05, 3.63) is 0 Å². The zero-order chi connectivity index (χ0) is 9.83. The predicted molar refractivity (Wildman–Crippen MR) is 49.8 cm³/mol. The number of nitrogens with two attached hydrogens (primary N) is 1. The van der Waals surface area contributed by atoms with Crippen molar-refractivity contribution in [3.63, 3.8) is 0 Å². The second-order valence-electron chi connectivity index (χ2n) is 3.31. The highest BCUT2D eigenvalue weighted by atomic mass is 32.2. The van der Waals surface area contributed by atoms with Crippen LogP contribution in [0.1, 0.15) is 40.0 Å². The summed E-state index contributed by atoms with van der Waals surface area (Å²) in [4.78, 5) is 0. The van der Waals surface area contributed by atoms with Gasteiger partial charge in [0.1, 0.15) is 0 Å². The van der Waals surface area contributed by atoms with E-state index in [4.69, 9.17) is 5.14 Å². The first kappa shape index (κ1) is 11.9. The monoisotopic (exact) mass is 194 g/mol. The highest BCUT2D eigenvalue weighted by Crippen LogP contribution is 2.16. The highest BCUT2D eigenvalue weighted by molar-refractivity contribution is 7.87. The lowest BCUT2D eigenvalue weighted by molar-refractivity contribution is 0.370. The van der Waals surface area contributed by atoms with Crippen LogP contribution >= 0.6 is 0 Å². The second kappa shape index (κ2) is 4.20. The molecule has 0 aliphatic rings. The molecule has 5 heteroatoms. The van der Waals surface area contributed by atoms with E-state index in [0.29, 0.717) is 0 Å². The van der Waals surface area contributed by atoms with Crippen LogP contribution in [0.2, 0.25) is 0 Å². The second-order valence-corrected chi connectivity index (χ2v) is 4.61. The first-order valence-corrected chi connectivity index (χ1v) is 5.69. The number of hydrogen-bond acceptors (Lipinski definition) is 2. The van der Waals surface area contributed by atoms with E-state index in [1.807, 2.05) is 20.8 Å². The molecular weight excluding hydrogens is 176 g/mol. The van der Waals surface area contributed by atoms with Crippen molar-refractivity contribution in [1.29, 1.82) is 0 Å². The van der Waals surface area contributed by atoms with Crippen molar-refractivity contribution in [1.82, 2.24) is 4.72 Å². The van der Waals surface area contributed by atoms with E-state index < -0.39 is 10.2 Å². The van der Waals surface area contributed by atoms with Crippen molar-refractivity contribution in [2.24, 2.45) is 5.14 Å². The van der Waals surface area contributed by atoms with Crippen LogP contribution in [0.15, 0.2) is 0 Å². The summed E-state index contributed by atoms with van der Waals surface area (Å²) in [7, 11) is -3.57. The minimum Gasteiger partial charge on any atom is -0.216 e. The number of hydrogen-bond donors (Lipinski definition) is 2. The molecule has 0 saturated carbocycles. The summed E-state index contributed by atoms with van der Waals surface area (Å²) in [5, 5.41) is 4.89. The van der Waals surface area contributed by atoms with Crippen molar-refractivity contribution >= 4 is 10.2 Å². The summed E-state index contributed by atoms with van der Waals surface area (Å²) in [6.07, 6.45) is 2.49. The van der Waals surface area contributed by atoms with E-state index in [2.05, 4.69) is 4.72 Å². The Morgan fingerprint density at radius 2 is 1.92 bits per heavy atom. The van der Waals surface area contributed by atoms with Gasteiger partial charge in [0.05, 0.1) is 0 Å². The Balaban J connectivity index is 4.34. The lowest BCUT2D eigenvalue weighted by Crippen LogP contribution is -2.48. The largest absolute Gasteiger partial charge is 0.274 e. The molecule has 1 unspecified atom stereocenters. The molecule has 0 aromatic rings. The molecule has 0 aliphatic heterocycles. The van der Waals surface area contributed by atoms with E-state index >= 15 is 0 Å². The maximum Gasteiger partial charge on any atom is 0.274 e. The maximum absolute atomic E-state index is 10.7. The Hall–Kier alpha value is -0.130. The smallest absolute Gasteiger partial charge is 0.216 e. The molecule has 0 amide bonds. The van der Waals surface area contributed by atoms with Crippen LogP contribution < -0.4 is 9.86 Å². The van der Waals surface area contributed by atoms with Crippen molar-refractivity contribution in [3.8, 4) is 0 Å². The Kier molecular flexibility index (Phi) is 4.16. The quantitative estimate of drug-likeness (QED) is 0.678. The van der Waals surface area contributed by atoms with Crippen molar-refractivity contribution < 1.29 is 8.42 Å². The van der Waals surface area contributed by atoms with Gasteiger partial charge in [-0.05, 0) is 19.8 Å². The fourth-order valence-electron chi connectivity index (χ4n) is 1.20. The van der Waals surface area contributed by atoms with E-state index in [1.54, 1.807) is 0 Å². The molecule has 12 heavy (non-hydrogen) atoms. The van der Waals surface area contributed by atoms with Gasteiger partial charge in [-0.15, -0.1) is 0 Å². The van der Waals surface area contributed by atoms with Crippen molar-refractivity contribution in [2.45, 2.75) is 45.6 Å². The van der Waals surface area contributed by atoms with E-state index in [-0.39, 0.29) is 5.54 Å². The van der Waals surface area contributed by atoms with Crippen LogP contribution in [0.3, 0.4) is 0 Å². The van der Waals surface area contributed by atoms with Gasteiger partial charge in [-0.2, -0.15) is 13.1 Å². The molecule has 3 N–H and O–H groups in total. The summed E-state index contributed by atoms with van der Waals surface area (Å²) < 4.78 is 23.9. The molecule has 0 aliphatic carbocycles. The third-order valence-corrected chi connectivity index (χ3v) is 2.75. The first-order chi connectivity index (χ1) is 5.33. The molecule has 1 atom stereocenters. The van der Waals surface area contributed by atoms with Crippen LogP contribution in [0.5, 0.6) is 0 Å². The summed E-state index contributed by atoms with van der Waals surface area (Å²) >= 11 is 0. The molecule has 0 heterocycles. The average Bonchev–Trinajstić information content (AvgIpc) is 1.84. The van der Waals surface area contributed by atoms with E-state index in [1.165, 1.54) is 0 Å². The highest BCUT2D eigenvalue weighted by Gasteiger charge is 2.24. The van der Waals surface area contributed by atoms with Gasteiger partial charge in [0.2, 0.25) is 0 Å². The zero-order valence-electron chi connectivity index (χ0n) is 7.92. The van der Waals surface area contributed by atoms with Gasteiger partial charge < -0.3 is 0 Å². The summed E-state index contributed by atoms with van der Waals surface area (Å²) in [5.74, 6) is 0.